The first kappa shape index (κ1) is 17.0. The number of rotatable bonds is 7. The van der Waals surface area contributed by atoms with Gasteiger partial charge in [-0.1, -0.05) is 33.8 Å². The Bertz CT molecular complexity index is 398. The Balaban J connectivity index is 2.58. The summed E-state index contributed by atoms with van der Waals surface area (Å²) in [5, 5.41) is 3.63. The van der Waals surface area contributed by atoms with Crippen LogP contribution in [0.1, 0.15) is 40.5 Å². The van der Waals surface area contributed by atoms with E-state index in [9.17, 15) is 4.39 Å². The SMILES string of the molecule is CCCNC(CCN(C)c1cccc(F)c1)C(C)(C)C. The molecule has 0 radical (unpaired) electrons. The number of nitrogens with zero attached hydrogens (tertiary/aromatic N) is 1. The average Bonchev–Trinajstić information content (AvgIpc) is 2.37. The van der Waals surface area contributed by atoms with Gasteiger partial charge in [0.05, 0.1) is 0 Å². The molecule has 0 aromatic heterocycles. The lowest BCUT2D eigenvalue weighted by Crippen LogP contribution is -2.42. The monoisotopic (exact) mass is 280 g/mol. The van der Waals surface area contributed by atoms with E-state index in [1.54, 1.807) is 12.1 Å². The van der Waals surface area contributed by atoms with Crippen LogP contribution >= 0.6 is 0 Å². The molecule has 0 spiro atoms. The molecule has 0 aliphatic heterocycles. The molecule has 1 atom stereocenters. The largest absolute Gasteiger partial charge is 0.374 e. The highest BCUT2D eigenvalue weighted by molar-refractivity contribution is 5.45. The Morgan fingerprint density at radius 1 is 1.30 bits per heavy atom. The minimum absolute atomic E-state index is 0.175. The van der Waals surface area contributed by atoms with Crippen molar-refractivity contribution >= 4 is 5.69 Å². The minimum Gasteiger partial charge on any atom is -0.374 e. The molecule has 0 bridgehead atoms. The van der Waals surface area contributed by atoms with Gasteiger partial charge in [-0.25, -0.2) is 4.39 Å². The lowest BCUT2D eigenvalue weighted by Gasteiger charge is -2.33. The molecule has 1 N–H and O–H groups in total. The van der Waals surface area contributed by atoms with Gasteiger partial charge >= 0.3 is 0 Å². The van der Waals surface area contributed by atoms with Crippen LogP contribution in [0.4, 0.5) is 10.1 Å². The van der Waals surface area contributed by atoms with E-state index in [2.05, 4.69) is 37.9 Å². The Kier molecular flexibility index (Phi) is 6.47. The summed E-state index contributed by atoms with van der Waals surface area (Å²) < 4.78 is 13.2. The van der Waals surface area contributed by atoms with Crippen LogP contribution in [0.2, 0.25) is 0 Å². The summed E-state index contributed by atoms with van der Waals surface area (Å²) in [5.41, 5.74) is 1.17. The fourth-order valence-electron chi connectivity index (χ4n) is 2.33. The third-order valence-corrected chi connectivity index (χ3v) is 3.69. The summed E-state index contributed by atoms with van der Waals surface area (Å²) in [4.78, 5) is 2.12. The van der Waals surface area contributed by atoms with E-state index < -0.39 is 0 Å². The first-order valence-electron chi connectivity index (χ1n) is 7.54. The molecule has 1 aromatic rings. The lowest BCUT2D eigenvalue weighted by molar-refractivity contribution is 0.257. The highest BCUT2D eigenvalue weighted by Gasteiger charge is 2.23. The second kappa shape index (κ2) is 7.63. The second-order valence-electron chi connectivity index (χ2n) is 6.56. The fourth-order valence-corrected chi connectivity index (χ4v) is 2.33. The van der Waals surface area contributed by atoms with E-state index in [-0.39, 0.29) is 11.2 Å². The molecule has 0 saturated carbocycles. The van der Waals surface area contributed by atoms with Gasteiger partial charge in [0.1, 0.15) is 5.82 Å². The van der Waals surface area contributed by atoms with Crippen molar-refractivity contribution in [2.75, 3.05) is 25.0 Å². The molecule has 3 heteroatoms. The third kappa shape index (κ3) is 5.49. The van der Waals surface area contributed by atoms with Crippen LogP contribution in [0.25, 0.3) is 0 Å². The Hall–Kier alpha value is -1.09. The molecule has 1 aromatic carbocycles. The van der Waals surface area contributed by atoms with Gasteiger partial charge in [-0.2, -0.15) is 0 Å². The molecule has 20 heavy (non-hydrogen) atoms. The van der Waals surface area contributed by atoms with Crippen molar-refractivity contribution in [2.24, 2.45) is 5.41 Å². The second-order valence-corrected chi connectivity index (χ2v) is 6.56. The zero-order chi connectivity index (χ0) is 15.2. The summed E-state index contributed by atoms with van der Waals surface area (Å²) in [6, 6.07) is 7.26. The standard InChI is InChI=1S/C17H29FN2/c1-6-11-19-16(17(2,3)4)10-12-20(5)15-9-7-8-14(18)13-15/h7-9,13,16,19H,6,10-12H2,1-5H3. The van der Waals surface area contributed by atoms with Gasteiger partial charge < -0.3 is 10.2 Å². The fraction of sp³-hybridized carbons (Fsp3) is 0.647. The summed E-state index contributed by atoms with van der Waals surface area (Å²) in [5.74, 6) is -0.175. The molecular formula is C17H29FN2. The highest BCUT2D eigenvalue weighted by atomic mass is 19.1. The van der Waals surface area contributed by atoms with Gasteiger partial charge in [-0.15, -0.1) is 0 Å². The summed E-state index contributed by atoms with van der Waals surface area (Å²) in [6.07, 6.45) is 2.20. The van der Waals surface area contributed by atoms with Gasteiger partial charge in [0.15, 0.2) is 0 Å². The quantitative estimate of drug-likeness (QED) is 0.810. The van der Waals surface area contributed by atoms with Crippen molar-refractivity contribution < 1.29 is 4.39 Å². The first-order chi connectivity index (χ1) is 9.34. The van der Waals surface area contributed by atoms with E-state index in [4.69, 9.17) is 0 Å². The van der Waals surface area contributed by atoms with Crippen molar-refractivity contribution in [3.05, 3.63) is 30.1 Å². The topological polar surface area (TPSA) is 15.3 Å². The molecule has 0 saturated heterocycles. The van der Waals surface area contributed by atoms with Crippen molar-refractivity contribution in [1.82, 2.24) is 5.32 Å². The normalized spacial score (nSPS) is 13.3. The van der Waals surface area contributed by atoms with Crippen LogP contribution in [-0.2, 0) is 0 Å². The highest BCUT2D eigenvalue weighted by Crippen LogP contribution is 2.23. The van der Waals surface area contributed by atoms with E-state index in [1.807, 2.05) is 13.1 Å². The van der Waals surface area contributed by atoms with E-state index in [0.29, 0.717) is 6.04 Å². The van der Waals surface area contributed by atoms with Crippen LogP contribution in [-0.4, -0.2) is 26.2 Å². The molecule has 2 nitrogen and oxygen atoms in total. The molecule has 1 unspecified atom stereocenters. The average molecular weight is 280 g/mol. The predicted molar refractivity (Wildman–Crippen MR) is 85.8 cm³/mol. The zero-order valence-electron chi connectivity index (χ0n) is 13.5. The molecule has 0 aliphatic rings. The van der Waals surface area contributed by atoms with E-state index in [0.717, 1.165) is 31.6 Å². The number of halogens is 1. The summed E-state index contributed by atoms with van der Waals surface area (Å²) in [7, 11) is 2.02. The van der Waals surface area contributed by atoms with Crippen molar-refractivity contribution in [2.45, 2.75) is 46.6 Å². The van der Waals surface area contributed by atoms with Crippen LogP contribution in [0.3, 0.4) is 0 Å². The summed E-state index contributed by atoms with van der Waals surface area (Å²) in [6.45, 7) is 11.0. The Morgan fingerprint density at radius 3 is 2.55 bits per heavy atom. The molecule has 0 fully saturated rings. The zero-order valence-corrected chi connectivity index (χ0v) is 13.5. The Labute approximate surface area is 123 Å². The molecular weight excluding hydrogens is 251 g/mol. The van der Waals surface area contributed by atoms with Gasteiger partial charge in [-0.05, 0) is 43.0 Å². The number of anilines is 1. The number of hydrogen-bond donors (Lipinski definition) is 1. The van der Waals surface area contributed by atoms with Crippen LogP contribution in [0, 0.1) is 11.2 Å². The molecule has 0 aliphatic carbocycles. The van der Waals surface area contributed by atoms with Gasteiger partial charge in [0, 0.05) is 25.3 Å². The molecule has 0 heterocycles. The lowest BCUT2D eigenvalue weighted by atomic mass is 9.84. The third-order valence-electron chi connectivity index (χ3n) is 3.69. The van der Waals surface area contributed by atoms with E-state index >= 15 is 0 Å². The van der Waals surface area contributed by atoms with Gasteiger partial charge in [0.25, 0.3) is 0 Å². The summed E-state index contributed by atoms with van der Waals surface area (Å²) >= 11 is 0. The van der Waals surface area contributed by atoms with Crippen LogP contribution < -0.4 is 10.2 Å². The van der Waals surface area contributed by atoms with Gasteiger partial charge in [-0.3, -0.25) is 0 Å². The predicted octanol–water partition coefficient (Wildman–Crippen LogP) is 4.07. The van der Waals surface area contributed by atoms with Crippen LogP contribution in [0.15, 0.2) is 24.3 Å². The molecule has 114 valence electrons. The molecule has 0 amide bonds. The number of benzene rings is 1. The number of hydrogen-bond acceptors (Lipinski definition) is 2. The maximum Gasteiger partial charge on any atom is 0.125 e. The molecule has 1 rings (SSSR count). The smallest absolute Gasteiger partial charge is 0.125 e. The van der Waals surface area contributed by atoms with Crippen molar-refractivity contribution in [3.8, 4) is 0 Å². The van der Waals surface area contributed by atoms with Crippen LogP contribution in [0.5, 0.6) is 0 Å². The van der Waals surface area contributed by atoms with Crippen molar-refractivity contribution in [1.29, 1.82) is 0 Å². The van der Waals surface area contributed by atoms with Gasteiger partial charge in [0.2, 0.25) is 0 Å². The van der Waals surface area contributed by atoms with Crippen molar-refractivity contribution in [3.63, 3.8) is 0 Å². The minimum atomic E-state index is -0.175. The maximum absolute atomic E-state index is 13.2. The Morgan fingerprint density at radius 2 is 2.00 bits per heavy atom. The number of nitrogens with one attached hydrogen (secondary N) is 1. The van der Waals surface area contributed by atoms with E-state index in [1.165, 1.54) is 6.07 Å². The maximum atomic E-state index is 13.2. The first-order valence-corrected chi connectivity index (χ1v) is 7.54.